The number of benzene rings is 1. The van der Waals surface area contributed by atoms with Gasteiger partial charge in [-0.2, -0.15) is 0 Å². The van der Waals surface area contributed by atoms with Crippen LogP contribution in [0.2, 0.25) is 5.02 Å². The van der Waals surface area contributed by atoms with Crippen molar-refractivity contribution in [2.24, 2.45) is 11.8 Å². The molecule has 9 heteroatoms. The van der Waals surface area contributed by atoms with Gasteiger partial charge in [0.2, 0.25) is 29.5 Å². The molecule has 168 valence electrons. The molecule has 0 bridgehead atoms. The van der Waals surface area contributed by atoms with Crippen LogP contribution >= 0.6 is 11.6 Å². The Balaban J connectivity index is 1.40. The minimum atomic E-state index is -0.287. The third-order valence-corrected chi connectivity index (χ3v) is 6.30. The van der Waals surface area contributed by atoms with Crippen LogP contribution in [0, 0.1) is 11.8 Å². The molecule has 0 N–H and O–H groups in total. The lowest BCUT2D eigenvalue weighted by molar-refractivity contribution is -0.141. The molecule has 0 radical (unpaired) electrons. The average Bonchev–Trinajstić information content (AvgIpc) is 3.34. The van der Waals surface area contributed by atoms with Gasteiger partial charge in [-0.05, 0) is 38.8 Å². The zero-order valence-corrected chi connectivity index (χ0v) is 18.8. The highest BCUT2D eigenvalue weighted by molar-refractivity contribution is 6.33. The molecule has 32 heavy (non-hydrogen) atoms. The Kier molecular flexibility index (Phi) is 6.41. The molecule has 1 aliphatic heterocycles. The molecule has 8 nitrogen and oxygen atoms in total. The van der Waals surface area contributed by atoms with E-state index in [9.17, 15) is 14.4 Å². The zero-order chi connectivity index (χ0) is 22.8. The Hall–Kier alpha value is -3.00. The molecule has 1 aliphatic carbocycles. The third-order valence-electron chi connectivity index (χ3n) is 5.97. The van der Waals surface area contributed by atoms with Crippen molar-refractivity contribution in [3.63, 3.8) is 0 Å². The topological polar surface area (TPSA) is 96.6 Å². The standard InChI is InChI=1S/C23H25ClN4O4/c1-14(2)28(13-19-25-26-21(32-19)17-9-5-6-10-18(17)24)20(29)11-12-27-22(30)15-7-3-4-8-16(15)23(27)31/h3-6,9-10,14-16H,7-8,11-13H2,1-2H3/t15-,16-/m1/s1. The molecule has 2 aromatic rings. The highest BCUT2D eigenvalue weighted by Crippen LogP contribution is 2.35. The van der Waals surface area contributed by atoms with Gasteiger partial charge in [-0.15, -0.1) is 10.2 Å². The maximum Gasteiger partial charge on any atom is 0.249 e. The summed E-state index contributed by atoms with van der Waals surface area (Å²) >= 11 is 6.19. The zero-order valence-electron chi connectivity index (χ0n) is 18.0. The van der Waals surface area contributed by atoms with Gasteiger partial charge < -0.3 is 9.32 Å². The summed E-state index contributed by atoms with van der Waals surface area (Å²) in [5.74, 6) is -0.537. The van der Waals surface area contributed by atoms with E-state index in [-0.39, 0.29) is 66.9 Å². The van der Waals surface area contributed by atoms with Gasteiger partial charge in [0.1, 0.15) is 0 Å². The van der Waals surface area contributed by atoms with Crippen molar-refractivity contribution in [2.75, 3.05) is 6.54 Å². The fraction of sp³-hybridized carbons (Fsp3) is 0.435. The molecule has 0 unspecified atom stereocenters. The van der Waals surface area contributed by atoms with E-state index in [0.717, 1.165) is 0 Å². The van der Waals surface area contributed by atoms with Crippen LogP contribution < -0.4 is 0 Å². The summed E-state index contributed by atoms with van der Waals surface area (Å²) in [6.45, 7) is 3.98. The summed E-state index contributed by atoms with van der Waals surface area (Å²) in [5.41, 5.74) is 0.623. The second-order valence-electron chi connectivity index (χ2n) is 8.33. The molecule has 2 heterocycles. The molecular weight excluding hydrogens is 432 g/mol. The maximum absolute atomic E-state index is 13.0. The second-order valence-corrected chi connectivity index (χ2v) is 8.74. The summed E-state index contributed by atoms with van der Waals surface area (Å²) in [5, 5.41) is 8.60. The number of rotatable bonds is 7. The van der Waals surface area contributed by atoms with E-state index in [2.05, 4.69) is 10.2 Å². The number of carbonyl (C=O) groups is 3. The first-order valence-electron chi connectivity index (χ1n) is 10.7. The lowest BCUT2D eigenvalue weighted by atomic mass is 9.85. The lowest BCUT2D eigenvalue weighted by Gasteiger charge is -2.26. The third kappa shape index (κ3) is 4.32. The van der Waals surface area contributed by atoms with Crippen LogP contribution in [-0.2, 0) is 20.9 Å². The van der Waals surface area contributed by atoms with Gasteiger partial charge in [0.25, 0.3) is 0 Å². The summed E-state index contributed by atoms with van der Waals surface area (Å²) in [6.07, 6.45) is 5.12. The number of allylic oxidation sites excluding steroid dienone is 2. The van der Waals surface area contributed by atoms with Gasteiger partial charge >= 0.3 is 0 Å². The number of aromatic nitrogens is 2. The van der Waals surface area contributed by atoms with Gasteiger partial charge in [0, 0.05) is 19.0 Å². The first kappa shape index (κ1) is 22.2. The number of fused-ring (bicyclic) bond motifs is 1. The van der Waals surface area contributed by atoms with Crippen LogP contribution in [0.15, 0.2) is 40.8 Å². The van der Waals surface area contributed by atoms with E-state index in [4.69, 9.17) is 16.0 Å². The Morgan fingerprint density at radius 3 is 2.44 bits per heavy atom. The molecule has 4 rings (SSSR count). The van der Waals surface area contributed by atoms with Crippen molar-refractivity contribution in [1.82, 2.24) is 20.0 Å². The van der Waals surface area contributed by atoms with Crippen LogP contribution in [0.4, 0.5) is 0 Å². The fourth-order valence-electron chi connectivity index (χ4n) is 4.21. The van der Waals surface area contributed by atoms with E-state index in [1.807, 2.05) is 38.1 Å². The van der Waals surface area contributed by atoms with E-state index >= 15 is 0 Å². The van der Waals surface area contributed by atoms with Crippen LogP contribution in [-0.4, -0.2) is 50.3 Å². The van der Waals surface area contributed by atoms with Gasteiger partial charge in [-0.3, -0.25) is 19.3 Å². The molecular formula is C23H25ClN4O4. The Labute approximate surface area is 191 Å². The Bertz CT molecular complexity index is 1040. The first-order valence-corrected chi connectivity index (χ1v) is 11.1. The van der Waals surface area contributed by atoms with E-state index in [1.165, 1.54) is 4.90 Å². The number of likely N-dealkylation sites (tertiary alicyclic amines) is 1. The maximum atomic E-state index is 13.0. The molecule has 1 aromatic carbocycles. The number of hydrogen-bond donors (Lipinski definition) is 0. The van der Waals surface area contributed by atoms with Gasteiger partial charge in [-0.1, -0.05) is 35.9 Å². The van der Waals surface area contributed by atoms with Gasteiger partial charge in [-0.25, -0.2) is 0 Å². The molecule has 1 fully saturated rings. The Morgan fingerprint density at radius 1 is 1.16 bits per heavy atom. The summed E-state index contributed by atoms with van der Waals surface area (Å²) in [6, 6.07) is 7.01. The van der Waals surface area contributed by atoms with E-state index < -0.39 is 0 Å². The number of carbonyl (C=O) groups excluding carboxylic acids is 3. The summed E-state index contributed by atoms with van der Waals surface area (Å²) < 4.78 is 5.73. The molecule has 2 aliphatic rings. The molecule has 2 atom stereocenters. The van der Waals surface area contributed by atoms with Crippen LogP contribution in [0.25, 0.3) is 11.5 Å². The van der Waals surface area contributed by atoms with Crippen molar-refractivity contribution in [1.29, 1.82) is 0 Å². The summed E-state index contributed by atoms with van der Waals surface area (Å²) in [7, 11) is 0. The molecule has 0 spiro atoms. The van der Waals surface area contributed by atoms with Crippen molar-refractivity contribution in [3.8, 4) is 11.5 Å². The number of hydrogen-bond acceptors (Lipinski definition) is 6. The first-order chi connectivity index (χ1) is 15.4. The van der Waals surface area contributed by atoms with Crippen molar-refractivity contribution in [3.05, 3.63) is 47.3 Å². The molecule has 3 amide bonds. The number of imide groups is 1. The van der Waals surface area contributed by atoms with Crippen LogP contribution in [0.5, 0.6) is 0 Å². The highest BCUT2D eigenvalue weighted by atomic mass is 35.5. The Morgan fingerprint density at radius 2 is 1.81 bits per heavy atom. The largest absolute Gasteiger partial charge is 0.419 e. The predicted octanol–water partition coefficient (Wildman–Crippen LogP) is 3.47. The van der Waals surface area contributed by atoms with Crippen molar-refractivity contribution >= 4 is 29.3 Å². The second kappa shape index (κ2) is 9.24. The summed E-state index contributed by atoms with van der Waals surface area (Å²) in [4.78, 5) is 41.1. The highest BCUT2D eigenvalue weighted by Gasteiger charge is 2.47. The molecule has 1 saturated heterocycles. The SMILES string of the molecule is CC(C)N(Cc1nnc(-c2ccccc2Cl)o1)C(=O)CCN1C(=O)[C@@H]2CC=CC[C@H]2C1=O. The van der Waals surface area contributed by atoms with Crippen molar-refractivity contribution < 1.29 is 18.8 Å². The minimum absolute atomic E-state index is 0.0496. The van der Waals surface area contributed by atoms with E-state index in [1.54, 1.807) is 17.0 Å². The van der Waals surface area contributed by atoms with Crippen LogP contribution in [0.1, 0.15) is 39.0 Å². The predicted molar refractivity (Wildman–Crippen MR) is 117 cm³/mol. The molecule has 0 saturated carbocycles. The average molecular weight is 457 g/mol. The smallest absolute Gasteiger partial charge is 0.249 e. The normalized spacial score (nSPS) is 20.2. The van der Waals surface area contributed by atoms with Crippen molar-refractivity contribution in [2.45, 2.75) is 45.7 Å². The number of amides is 3. The van der Waals surface area contributed by atoms with E-state index in [0.29, 0.717) is 23.4 Å². The van der Waals surface area contributed by atoms with Crippen LogP contribution in [0.3, 0.4) is 0 Å². The molecule has 1 aromatic heterocycles. The number of halogens is 1. The minimum Gasteiger partial charge on any atom is -0.419 e. The fourth-order valence-corrected chi connectivity index (χ4v) is 4.42. The van der Waals surface area contributed by atoms with Gasteiger partial charge in [0.15, 0.2) is 0 Å². The lowest BCUT2D eigenvalue weighted by Crippen LogP contribution is -2.40. The number of nitrogens with zero attached hydrogens (tertiary/aromatic N) is 4. The quantitative estimate of drug-likeness (QED) is 0.467. The van der Waals surface area contributed by atoms with Gasteiger partial charge in [0.05, 0.1) is 29.0 Å². The monoisotopic (exact) mass is 456 g/mol.